The Morgan fingerprint density at radius 2 is 1.93 bits per heavy atom. The van der Waals surface area contributed by atoms with Crippen molar-refractivity contribution >= 4 is 28.6 Å². The van der Waals surface area contributed by atoms with Gasteiger partial charge in [0.2, 0.25) is 5.91 Å². The first-order valence-electron chi connectivity index (χ1n) is 9.38. The Hall–Kier alpha value is -3.39. The number of fused-ring (bicyclic) bond motifs is 1. The van der Waals surface area contributed by atoms with E-state index in [0.29, 0.717) is 23.4 Å². The van der Waals surface area contributed by atoms with Crippen LogP contribution >= 0.6 is 11.8 Å². The maximum Gasteiger partial charge on any atom is 0.258 e. The number of hydrogen-bond donors (Lipinski definition) is 1. The second-order valence-corrected chi connectivity index (χ2v) is 7.65. The van der Waals surface area contributed by atoms with E-state index in [1.807, 2.05) is 48.7 Å². The Morgan fingerprint density at radius 3 is 2.63 bits per heavy atom. The highest BCUT2D eigenvalue weighted by Crippen LogP contribution is 2.25. The minimum Gasteiger partial charge on any atom is -0.350 e. The Morgan fingerprint density at radius 1 is 1.17 bits per heavy atom. The average Bonchev–Trinajstić information content (AvgIpc) is 3.20. The zero-order valence-corrected chi connectivity index (χ0v) is 17.4. The number of nitrogens with one attached hydrogen (secondary N) is 1. The summed E-state index contributed by atoms with van der Waals surface area (Å²) in [5, 5.41) is 7.45. The monoisotopic (exact) mass is 420 g/mol. The van der Waals surface area contributed by atoms with Crippen LogP contribution in [-0.2, 0) is 17.9 Å². The highest BCUT2D eigenvalue weighted by Gasteiger charge is 2.16. The molecule has 30 heavy (non-hydrogen) atoms. The van der Waals surface area contributed by atoms with Gasteiger partial charge in [-0.2, -0.15) is 4.98 Å². The zero-order chi connectivity index (χ0) is 21.1. The van der Waals surface area contributed by atoms with E-state index in [4.69, 9.17) is 4.52 Å². The van der Waals surface area contributed by atoms with Crippen molar-refractivity contribution in [1.82, 2.24) is 20.0 Å². The van der Waals surface area contributed by atoms with E-state index in [-0.39, 0.29) is 23.9 Å². The van der Waals surface area contributed by atoms with Crippen LogP contribution in [0.4, 0.5) is 0 Å². The quantitative estimate of drug-likeness (QED) is 0.481. The molecule has 0 radical (unpaired) electrons. The molecule has 152 valence electrons. The molecule has 4 rings (SSSR count). The molecule has 2 aromatic carbocycles. The first-order valence-corrected chi connectivity index (χ1v) is 10.6. The van der Waals surface area contributed by atoms with E-state index in [9.17, 15) is 9.59 Å². The third-order valence-corrected chi connectivity index (χ3v) is 5.47. The fourth-order valence-corrected chi connectivity index (χ4v) is 3.63. The van der Waals surface area contributed by atoms with E-state index < -0.39 is 0 Å². The van der Waals surface area contributed by atoms with E-state index in [1.54, 1.807) is 24.8 Å². The fraction of sp³-hybridized carbons (Fsp3) is 0.182. The molecule has 2 aromatic heterocycles. The molecule has 0 saturated carbocycles. The maximum atomic E-state index is 12.8. The summed E-state index contributed by atoms with van der Waals surface area (Å²) in [7, 11) is 0. The Balaban J connectivity index is 1.59. The number of aryl methyl sites for hydroxylation is 1. The zero-order valence-electron chi connectivity index (χ0n) is 16.6. The molecular weight excluding hydrogens is 400 g/mol. The number of benzene rings is 2. The predicted octanol–water partition coefficient (Wildman–Crippen LogP) is 3.40. The van der Waals surface area contributed by atoms with E-state index in [1.165, 1.54) is 15.5 Å². The van der Waals surface area contributed by atoms with Crippen LogP contribution in [-0.4, -0.2) is 26.9 Å². The predicted molar refractivity (Wildman–Crippen MR) is 116 cm³/mol. The molecule has 4 aromatic rings. The first-order chi connectivity index (χ1) is 14.5. The summed E-state index contributed by atoms with van der Waals surface area (Å²) in [5.41, 5.74) is 1.89. The normalized spacial score (nSPS) is 11.0. The van der Waals surface area contributed by atoms with Crippen molar-refractivity contribution in [2.45, 2.75) is 24.9 Å². The SMILES string of the molecule is CSc1ccc(CNC(=O)Cn2c(=O)cc(-c3nc(C)no3)c3ccccc32)cc1. The molecule has 0 fully saturated rings. The van der Waals surface area contributed by atoms with Crippen molar-refractivity contribution in [1.29, 1.82) is 0 Å². The molecule has 8 heteroatoms. The topological polar surface area (TPSA) is 90.0 Å². The van der Waals surface area contributed by atoms with Gasteiger partial charge in [-0.05, 0) is 36.9 Å². The van der Waals surface area contributed by atoms with Crippen molar-refractivity contribution in [3.8, 4) is 11.5 Å². The van der Waals surface area contributed by atoms with Crippen LogP contribution in [0.3, 0.4) is 0 Å². The summed E-state index contributed by atoms with van der Waals surface area (Å²) in [5.74, 6) is 0.534. The summed E-state index contributed by atoms with van der Waals surface area (Å²) in [6.45, 7) is 2.04. The molecule has 0 saturated heterocycles. The van der Waals surface area contributed by atoms with Crippen molar-refractivity contribution < 1.29 is 9.32 Å². The number of para-hydroxylation sites is 1. The molecule has 1 N–H and O–H groups in total. The van der Waals surface area contributed by atoms with Crippen molar-refractivity contribution in [3.63, 3.8) is 0 Å². The molecule has 0 bridgehead atoms. The molecule has 7 nitrogen and oxygen atoms in total. The van der Waals surface area contributed by atoms with Crippen molar-refractivity contribution in [3.05, 3.63) is 76.3 Å². The second-order valence-electron chi connectivity index (χ2n) is 6.77. The Kier molecular flexibility index (Phi) is 5.67. The molecule has 1 amide bonds. The van der Waals surface area contributed by atoms with Gasteiger partial charge in [0.25, 0.3) is 11.4 Å². The van der Waals surface area contributed by atoms with Gasteiger partial charge in [-0.15, -0.1) is 11.8 Å². The standard InChI is InChI=1S/C22H20N4O3S/c1-14-24-22(29-25-14)18-11-21(28)26(19-6-4-3-5-17(18)19)13-20(27)23-12-15-7-9-16(30-2)10-8-15/h3-11H,12-13H2,1-2H3,(H,23,27). The van der Waals surface area contributed by atoms with Crippen molar-refractivity contribution in [2.24, 2.45) is 0 Å². The summed E-state index contributed by atoms with van der Waals surface area (Å²) < 4.78 is 6.70. The minimum absolute atomic E-state index is 0.0780. The Bertz CT molecular complexity index is 1260. The van der Waals surface area contributed by atoms with Gasteiger partial charge < -0.3 is 9.84 Å². The van der Waals surface area contributed by atoms with Crippen LogP contribution in [0.1, 0.15) is 11.4 Å². The number of amides is 1. The number of pyridine rings is 1. The van der Waals surface area contributed by atoms with Crippen LogP contribution in [0.15, 0.2) is 68.8 Å². The van der Waals surface area contributed by atoms with Gasteiger partial charge in [0.05, 0.1) is 11.1 Å². The molecule has 0 aliphatic rings. The van der Waals surface area contributed by atoms with Crippen LogP contribution in [0.2, 0.25) is 0 Å². The van der Waals surface area contributed by atoms with Gasteiger partial charge in [0, 0.05) is 22.9 Å². The van der Waals surface area contributed by atoms with Crippen molar-refractivity contribution in [2.75, 3.05) is 6.26 Å². The number of rotatable bonds is 6. The molecule has 0 unspecified atom stereocenters. The van der Waals surface area contributed by atoms with Gasteiger partial charge in [-0.25, -0.2) is 0 Å². The minimum atomic E-state index is -0.306. The molecule has 0 atom stereocenters. The molecule has 0 spiro atoms. The van der Waals surface area contributed by atoms with Gasteiger partial charge in [-0.3, -0.25) is 14.2 Å². The van der Waals surface area contributed by atoms with Crippen LogP contribution in [0.25, 0.3) is 22.4 Å². The highest BCUT2D eigenvalue weighted by molar-refractivity contribution is 7.98. The van der Waals surface area contributed by atoms with Crippen LogP contribution < -0.4 is 10.9 Å². The van der Waals surface area contributed by atoms with E-state index in [0.717, 1.165) is 10.9 Å². The first kappa shape index (κ1) is 19.9. The van der Waals surface area contributed by atoms with Gasteiger partial charge in [-0.1, -0.05) is 35.5 Å². The fourth-order valence-electron chi connectivity index (χ4n) is 3.22. The smallest absolute Gasteiger partial charge is 0.258 e. The third-order valence-electron chi connectivity index (χ3n) is 4.73. The highest BCUT2D eigenvalue weighted by atomic mass is 32.2. The molecule has 2 heterocycles. The molecular formula is C22H20N4O3S. The number of carbonyl (C=O) groups is 1. The lowest BCUT2D eigenvalue weighted by Crippen LogP contribution is -2.32. The van der Waals surface area contributed by atoms with Gasteiger partial charge in [0.15, 0.2) is 5.82 Å². The maximum absolute atomic E-state index is 12.8. The summed E-state index contributed by atoms with van der Waals surface area (Å²) in [6.07, 6.45) is 2.02. The van der Waals surface area contributed by atoms with E-state index in [2.05, 4.69) is 15.5 Å². The lowest BCUT2D eigenvalue weighted by atomic mass is 10.1. The number of nitrogens with zero attached hydrogens (tertiary/aromatic N) is 3. The molecule has 0 aliphatic carbocycles. The lowest BCUT2D eigenvalue weighted by Gasteiger charge is -2.12. The number of hydrogen-bond acceptors (Lipinski definition) is 6. The van der Waals surface area contributed by atoms with Gasteiger partial charge >= 0.3 is 0 Å². The average molecular weight is 420 g/mol. The summed E-state index contributed by atoms with van der Waals surface area (Å²) in [6, 6.07) is 16.8. The summed E-state index contributed by atoms with van der Waals surface area (Å²) >= 11 is 1.67. The number of carbonyl (C=O) groups excluding carboxylic acids is 1. The second kappa shape index (κ2) is 8.54. The number of thioether (sulfide) groups is 1. The number of aromatic nitrogens is 3. The van der Waals surface area contributed by atoms with Gasteiger partial charge in [0.1, 0.15) is 6.54 Å². The lowest BCUT2D eigenvalue weighted by molar-refractivity contribution is -0.121. The molecule has 0 aliphatic heterocycles. The largest absolute Gasteiger partial charge is 0.350 e. The summed E-state index contributed by atoms with van der Waals surface area (Å²) in [4.78, 5) is 30.8. The van der Waals surface area contributed by atoms with E-state index >= 15 is 0 Å². The van der Waals surface area contributed by atoms with Crippen LogP contribution in [0, 0.1) is 6.92 Å². The van der Waals surface area contributed by atoms with Crippen LogP contribution in [0.5, 0.6) is 0 Å². The third kappa shape index (κ3) is 4.13. The Labute approximate surface area is 177 Å².